The fourth-order valence-electron chi connectivity index (χ4n) is 7.16. The maximum Gasteiger partial charge on any atom is 0.397 e. The lowest BCUT2D eigenvalue weighted by Crippen LogP contribution is -2.56. The highest BCUT2D eigenvalue weighted by Gasteiger charge is 2.59. The van der Waals surface area contributed by atoms with Crippen molar-refractivity contribution in [2.45, 2.75) is 121 Å². The molecule has 0 bridgehead atoms. The Morgan fingerprint density at radius 3 is 2.02 bits per heavy atom. The van der Waals surface area contributed by atoms with E-state index in [1.165, 1.54) is 0 Å². The van der Waals surface area contributed by atoms with Gasteiger partial charge in [0.25, 0.3) is 0 Å². The predicted molar refractivity (Wildman–Crippen MR) is 145 cm³/mol. The minimum absolute atomic E-state index is 0.0801. The highest BCUT2D eigenvalue weighted by Crippen LogP contribution is 2.51. The van der Waals surface area contributed by atoms with Gasteiger partial charge in [-0.3, -0.25) is 4.55 Å². The maximum atomic E-state index is 12.2. The van der Waals surface area contributed by atoms with Crippen molar-refractivity contribution in [1.29, 1.82) is 0 Å². The van der Waals surface area contributed by atoms with Crippen LogP contribution in [0, 0.1) is 11.8 Å². The molecule has 1 saturated carbocycles. The van der Waals surface area contributed by atoms with Crippen LogP contribution in [0.25, 0.3) is 0 Å². The van der Waals surface area contributed by atoms with Crippen molar-refractivity contribution in [2.75, 3.05) is 13.2 Å². The van der Waals surface area contributed by atoms with E-state index in [0.717, 1.165) is 5.56 Å². The molecule has 13 heteroatoms. The summed E-state index contributed by atoms with van der Waals surface area (Å²) in [5.41, 5.74) is 0.749. The standard InChI is InChI=1S/C29H42O12S/c1-27(2)33-14-20(38-27)22-17(13-19-23(22)40-29(5,6)37-19)12-18-25(41-42(30,31)32)24(21-15-34-28(3,4)39-21)36-26(35-18)16-10-8-7-9-11-16/h7-11,17-26H,12-15H2,1-6H3,(H,30,31,32)/t17-,18+,19+,20-,21-,22-,23+,24-,25?,26?/m1/s1. The summed E-state index contributed by atoms with van der Waals surface area (Å²) in [6, 6.07) is 9.37. The van der Waals surface area contributed by atoms with Crippen molar-refractivity contribution in [3.63, 3.8) is 0 Å². The molecule has 0 amide bonds. The summed E-state index contributed by atoms with van der Waals surface area (Å²) in [5, 5.41) is 0. The van der Waals surface area contributed by atoms with Crippen LogP contribution in [0.5, 0.6) is 0 Å². The van der Waals surface area contributed by atoms with Crippen LogP contribution in [-0.2, 0) is 52.5 Å². The van der Waals surface area contributed by atoms with Gasteiger partial charge in [-0.2, -0.15) is 8.42 Å². The second kappa shape index (κ2) is 11.0. The Balaban J connectivity index is 1.33. The first-order valence-corrected chi connectivity index (χ1v) is 16.0. The first-order valence-electron chi connectivity index (χ1n) is 14.6. The van der Waals surface area contributed by atoms with Gasteiger partial charge in [-0.15, -0.1) is 0 Å². The summed E-state index contributed by atoms with van der Waals surface area (Å²) in [6.45, 7) is 11.6. The molecule has 4 saturated heterocycles. The van der Waals surface area contributed by atoms with Crippen molar-refractivity contribution in [1.82, 2.24) is 0 Å². The number of hydrogen-bond donors (Lipinski definition) is 1. The Kier molecular flexibility index (Phi) is 8.05. The quantitative estimate of drug-likeness (QED) is 0.450. The molecule has 1 aromatic rings. The molecular weight excluding hydrogens is 572 g/mol. The Morgan fingerprint density at radius 2 is 1.43 bits per heavy atom. The Morgan fingerprint density at radius 1 is 0.810 bits per heavy atom. The van der Waals surface area contributed by atoms with Gasteiger partial charge >= 0.3 is 10.4 Å². The van der Waals surface area contributed by atoms with E-state index >= 15 is 0 Å². The van der Waals surface area contributed by atoms with E-state index in [-0.39, 0.29) is 36.8 Å². The van der Waals surface area contributed by atoms with Gasteiger partial charge in [0.15, 0.2) is 23.7 Å². The summed E-state index contributed by atoms with van der Waals surface area (Å²) in [7, 11) is -4.89. The zero-order valence-corrected chi connectivity index (χ0v) is 25.7. The SMILES string of the molecule is CC1(C)O[C@@H]2[C@@H]([C@H]3COC(C)(C)O3)[C@H](C[C@@H]3OC(c4ccccc4)O[C@H]([C@H]4COC(C)(C)O4)C3OS(=O)(=O)O)C[C@@H]2O1. The Bertz CT molecular complexity index is 1220. The number of benzene rings is 1. The second-order valence-electron chi connectivity index (χ2n) is 13.2. The van der Waals surface area contributed by atoms with Crippen LogP contribution in [0.4, 0.5) is 0 Å². The highest BCUT2D eigenvalue weighted by molar-refractivity contribution is 7.80. The average molecular weight is 615 g/mol. The molecule has 4 heterocycles. The molecule has 0 radical (unpaired) electrons. The van der Waals surface area contributed by atoms with Crippen molar-refractivity contribution in [3.05, 3.63) is 35.9 Å². The lowest BCUT2D eigenvalue weighted by molar-refractivity contribution is -0.307. The predicted octanol–water partition coefficient (Wildman–Crippen LogP) is 3.51. The molecule has 236 valence electrons. The monoisotopic (exact) mass is 614 g/mol. The van der Waals surface area contributed by atoms with E-state index < -0.39 is 58.5 Å². The lowest BCUT2D eigenvalue weighted by Gasteiger charge is -2.44. The van der Waals surface area contributed by atoms with Crippen molar-refractivity contribution >= 4 is 10.4 Å². The maximum absolute atomic E-state index is 12.2. The van der Waals surface area contributed by atoms with Crippen LogP contribution in [0.2, 0.25) is 0 Å². The molecule has 10 atom stereocenters. The molecule has 1 aromatic carbocycles. The van der Waals surface area contributed by atoms with Crippen LogP contribution < -0.4 is 0 Å². The van der Waals surface area contributed by atoms with Crippen LogP contribution >= 0.6 is 0 Å². The van der Waals surface area contributed by atoms with E-state index in [1.54, 1.807) is 13.8 Å². The number of hydrogen-bond acceptors (Lipinski definition) is 11. The zero-order chi connectivity index (χ0) is 30.1. The minimum atomic E-state index is -4.89. The smallest absolute Gasteiger partial charge is 0.348 e. The number of rotatable bonds is 7. The molecule has 0 spiro atoms. The molecule has 2 unspecified atom stereocenters. The van der Waals surface area contributed by atoms with Gasteiger partial charge in [-0.25, -0.2) is 4.18 Å². The molecule has 42 heavy (non-hydrogen) atoms. The lowest BCUT2D eigenvalue weighted by atomic mass is 9.83. The van der Waals surface area contributed by atoms with Crippen molar-refractivity contribution < 1.29 is 55.0 Å². The third-order valence-corrected chi connectivity index (χ3v) is 9.11. The van der Waals surface area contributed by atoms with Gasteiger partial charge in [0.05, 0.1) is 37.6 Å². The highest BCUT2D eigenvalue weighted by atomic mass is 32.3. The summed E-state index contributed by atoms with van der Waals surface area (Å²) in [4.78, 5) is 0. The van der Waals surface area contributed by atoms with E-state index in [1.807, 2.05) is 58.0 Å². The normalized spacial score (nSPS) is 42.5. The Hall–Kier alpha value is -1.23. The molecule has 5 aliphatic rings. The molecule has 1 aliphatic carbocycles. The molecule has 5 fully saturated rings. The van der Waals surface area contributed by atoms with Gasteiger partial charge in [0.2, 0.25) is 0 Å². The largest absolute Gasteiger partial charge is 0.397 e. The van der Waals surface area contributed by atoms with Crippen molar-refractivity contribution in [2.24, 2.45) is 11.8 Å². The van der Waals surface area contributed by atoms with Gasteiger partial charge in [0, 0.05) is 11.5 Å². The fourth-order valence-corrected chi connectivity index (χ4v) is 7.67. The molecule has 12 nitrogen and oxygen atoms in total. The summed E-state index contributed by atoms with van der Waals surface area (Å²) in [5.74, 6) is -2.60. The van der Waals surface area contributed by atoms with E-state index in [4.69, 9.17) is 42.1 Å². The molecule has 0 aromatic heterocycles. The van der Waals surface area contributed by atoms with Gasteiger partial charge in [-0.1, -0.05) is 30.3 Å². The average Bonchev–Trinajstić information content (AvgIpc) is 3.59. The fraction of sp³-hybridized carbons (Fsp3) is 0.793. The summed E-state index contributed by atoms with van der Waals surface area (Å²) in [6.07, 6.45) is -4.22. The third kappa shape index (κ3) is 6.57. The minimum Gasteiger partial charge on any atom is -0.348 e. The molecular formula is C29H42O12S. The second-order valence-corrected chi connectivity index (χ2v) is 14.2. The molecule has 1 N–H and O–H groups in total. The number of fused-ring (bicyclic) bond motifs is 1. The van der Waals surface area contributed by atoms with Crippen molar-refractivity contribution in [3.8, 4) is 0 Å². The molecule has 4 aliphatic heterocycles. The van der Waals surface area contributed by atoms with Crippen LogP contribution in [0.3, 0.4) is 0 Å². The topological polar surface area (TPSA) is 137 Å². The number of ether oxygens (including phenoxy) is 8. The van der Waals surface area contributed by atoms with Gasteiger partial charge in [-0.05, 0) is 60.3 Å². The van der Waals surface area contributed by atoms with E-state index in [9.17, 15) is 13.0 Å². The van der Waals surface area contributed by atoms with Crippen LogP contribution in [0.15, 0.2) is 30.3 Å². The van der Waals surface area contributed by atoms with Gasteiger partial charge in [0.1, 0.15) is 18.3 Å². The van der Waals surface area contributed by atoms with Crippen LogP contribution in [0.1, 0.15) is 66.2 Å². The first kappa shape index (κ1) is 30.8. The van der Waals surface area contributed by atoms with Crippen LogP contribution in [-0.4, -0.2) is 86.3 Å². The Labute approximate surface area is 247 Å². The molecule has 6 rings (SSSR count). The summed E-state index contributed by atoms with van der Waals surface area (Å²) >= 11 is 0. The third-order valence-electron chi connectivity index (χ3n) is 8.65. The van der Waals surface area contributed by atoms with Gasteiger partial charge < -0.3 is 37.9 Å². The van der Waals surface area contributed by atoms with E-state index in [0.29, 0.717) is 19.4 Å². The summed E-state index contributed by atoms with van der Waals surface area (Å²) < 4.78 is 89.1. The first-order chi connectivity index (χ1) is 19.6. The van der Waals surface area contributed by atoms with E-state index in [2.05, 4.69) is 0 Å². The zero-order valence-electron chi connectivity index (χ0n) is 24.8.